The molecule has 0 aromatic carbocycles. The zero-order chi connectivity index (χ0) is 9.80. The predicted octanol–water partition coefficient (Wildman–Crippen LogP) is 2.70. The smallest absolute Gasteiger partial charge is 0.137 e. The molecule has 0 bridgehead atoms. The molecule has 1 unspecified atom stereocenters. The maximum absolute atomic E-state index is 11.2. The van der Waals surface area contributed by atoms with Crippen molar-refractivity contribution < 1.29 is 9.53 Å². The summed E-state index contributed by atoms with van der Waals surface area (Å²) in [6, 6.07) is 0. The van der Waals surface area contributed by atoms with Gasteiger partial charge in [-0.1, -0.05) is 32.1 Å². The molecule has 80 valence electrons. The van der Waals surface area contributed by atoms with Gasteiger partial charge in [-0.3, -0.25) is 4.79 Å². The van der Waals surface area contributed by atoms with Crippen molar-refractivity contribution in [3.63, 3.8) is 0 Å². The largest absolute Gasteiger partial charge is 0.377 e. The first-order valence-electron chi connectivity index (χ1n) is 5.98. The Kier molecular flexibility index (Phi) is 3.57. The molecule has 0 N–H and O–H groups in total. The van der Waals surface area contributed by atoms with Gasteiger partial charge in [0.15, 0.2) is 0 Å². The fourth-order valence-corrected chi connectivity index (χ4v) is 2.70. The summed E-state index contributed by atoms with van der Waals surface area (Å²) in [4.78, 5) is 11.2. The molecule has 1 aliphatic heterocycles. The Morgan fingerprint density at radius 3 is 2.71 bits per heavy atom. The maximum Gasteiger partial charge on any atom is 0.137 e. The lowest BCUT2D eigenvalue weighted by molar-refractivity contribution is -0.129. The van der Waals surface area contributed by atoms with Gasteiger partial charge in [-0.05, 0) is 12.3 Å². The molecule has 0 amide bonds. The molecule has 2 nitrogen and oxygen atoms in total. The van der Waals surface area contributed by atoms with E-state index in [0.29, 0.717) is 25.2 Å². The van der Waals surface area contributed by atoms with Crippen molar-refractivity contribution in [2.45, 2.75) is 57.5 Å². The Morgan fingerprint density at radius 2 is 2.00 bits per heavy atom. The van der Waals surface area contributed by atoms with E-state index >= 15 is 0 Å². The number of rotatable bonds is 2. The van der Waals surface area contributed by atoms with E-state index in [1.165, 1.54) is 32.1 Å². The normalized spacial score (nSPS) is 30.6. The van der Waals surface area contributed by atoms with E-state index in [9.17, 15) is 4.79 Å². The van der Waals surface area contributed by atoms with Gasteiger partial charge in [-0.2, -0.15) is 0 Å². The molecule has 0 radical (unpaired) electrons. The average Bonchev–Trinajstić information content (AvgIpc) is 2.19. The van der Waals surface area contributed by atoms with Crippen LogP contribution in [-0.2, 0) is 9.53 Å². The van der Waals surface area contributed by atoms with Crippen molar-refractivity contribution in [2.24, 2.45) is 5.92 Å². The summed E-state index contributed by atoms with van der Waals surface area (Å²) in [7, 11) is 0. The van der Waals surface area contributed by atoms with Crippen molar-refractivity contribution in [3.8, 4) is 0 Å². The molecule has 1 heterocycles. The molecule has 0 aromatic rings. The van der Waals surface area contributed by atoms with Gasteiger partial charge in [-0.25, -0.2) is 0 Å². The summed E-state index contributed by atoms with van der Waals surface area (Å²) >= 11 is 0. The van der Waals surface area contributed by atoms with E-state index in [0.717, 1.165) is 12.3 Å². The molecule has 14 heavy (non-hydrogen) atoms. The minimum absolute atomic E-state index is 0.249. The van der Waals surface area contributed by atoms with E-state index < -0.39 is 0 Å². The van der Waals surface area contributed by atoms with Crippen LogP contribution < -0.4 is 0 Å². The number of hydrogen-bond acceptors (Lipinski definition) is 2. The lowest BCUT2D eigenvalue weighted by atomic mass is 9.84. The second kappa shape index (κ2) is 4.92. The van der Waals surface area contributed by atoms with Gasteiger partial charge in [0.25, 0.3) is 0 Å². The van der Waals surface area contributed by atoms with E-state index in [1.54, 1.807) is 0 Å². The second-order valence-corrected chi connectivity index (χ2v) is 4.73. The van der Waals surface area contributed by atoms with Gasteiger partial charge < -0.3 is 4.74 Å². The van der Waals surface area contributed by atoms with Crippen LogP contribution in [-0.4, -0.2) is 18.5 Å². The molecule has 1 saturated carbocycles. The summed E-state index contributed by atoms with van der Waals surface area (Å²) in [6.07, 6.45) is 9.57. The standard InChI is InChI=1S/C12H20O2/c13-11-6-7-14-12(9-11)8-10-4-2-1-3-5-10/h10,12H,1-9H2. The Balaban J connectivity index is 1.75. The van der Waals surface area contributed by atoms with Crippen LogP contribution in [0.5, 0.6) is 0 Å². The number of carbonyl (C=O) groups excluding carboxylic acids is 1. The van der Waals surface area contributed by atoms with Gasteiger partial charge in [0.1, 0.15) is 5.78 Å². The lowest BCUT2D eigenvalue weighted by Gasteiger charge is -2.28. The van der Waals surface area contributed by atoms with Gasteiger partial charge in [0, 0.05) is 12.8 Å². The molecule has 2 heteroatoms. The van der Waals surface area contributed by atoms with Gasteiger partial charge in [0.05, 0.1) is 12.7 Å². The number of Topliss-reactive ketones (excluding diaryl/α,β-unsaturated/α-hetero) is 1. The third-order valence-electron chi connectivity index (χ3n) is 3.51. The van der Waals surface area contributed by atoms with Crippen LogP contribution in [0.25, 0.3) is 0 Å². The molecule has 1 atom stereocenters. The maximum atomic E-state index is 11.2. The summed E-state index contributed by atoms with van der Waals surface area (Å²) in [5.41, 5.74) is 0. The topological polar surface area (TPSA) is 26.3 Å². The van der Waals surface area contributed by atoms with Crippen molar-refractivity contribution in [1.82, 2.24) is 0 Å². The molecule has 2 fully saturated rings. The van der Waals surface area contributed by atoms with E-state index in [-0.39, 0.29) is 6.10 Å². The Morgan fingerprint density at radius 1 is 1.21 bits per heavy atom. The van der Waals surface area contributed by atoms with Crippen LogP contribution in [0.15, 0.2) is 0 Å². The molecule has 0 spiro atoms. The van der Waals surface area contributed by atoms with Gasteiger partial charge in [-0.15, -0.1) is 0 Å². The lowest BCUT2D eigenvalue weighted by Crippen LogP contribution is -2.28. The third kappa shape index (κ3) is 2.81. The quantitative estimate of drug-likeness (QED) is 0.678. The Labute approximate surface area is 86.0 Å². The number of hydrogen-bond donors (Lipinski definition) is 0. The van der Waals surface area contributed by atoms with Gasteiger partial charge >= 0.3 is 0 Å². The minimum atomic E-state index is 0.249. The second-order valence-electron chi connectivity index (χ2n) is 4.73. The van der Waals surface area contributed by atoms with Crippen LogP contribution in [0.4, 0.5) is 0 Å². The number of ether oxygens (including phenoxy) is 1. The van der Waals surface area contributed by atoms with E-state index in [2.05, 4.69) is 0 Å². The first-order valence-corrected chi connectivity index (χ1v) is 5.98. The molecule has 1 saturated heterocycles. The van der Waals surface area contributed by atoms with Crippen LogP contribution in [0.1, 0.15) is 51.4 Å². The first kappa shape index (κ1) is 10.2. The molecular formula is C12H20O2. The van der Waals surface area contributed by atoms with E-state index in [4.69, 9.17) is 4.74 Å². The molecule has 2 aliphatic rings. The van der Waals surface area contributed by atoms with Crippen molar-refractivity contribution >= 4 is 5.78 Å². The fraction of sp³-hybridized carbons (Fsp3) is 0.917. The van der Waals surface area contributed by atoms with Crippen LogP contribution >= 0.6 is 0 Å². The molecular weight excluding hydrogens is 176 g/mol. The monoisotopic (exact) mass is 196 g/mol. The predicted molar refractivity (Wildman–Crippen MR) is 55.2 cm³/mol. The van der Waals surface area contributed by atoms with Crippen LogP contribution in [0.3, 0.4) is 0 Å². The highest BCUT2D eigenvalue weighted by Gasteiger charge is 2.24. The zero-order valence-electron chi connectivity index (χ0n) is 8.84. The highest BCUT2D eigenvalue weighted by molar-refractivity contribution is 5.79. The minimum Gasteiger partial charge on any atom is -0.377 e. The van der Waals surface area contributed by atoms with Gasteiger partial charge in [0.2, 0.25) is 0 Å². The van der Waals surface area contributed by atoms with Crippen molar-refractivity contribution in [2.75, 3.05) is 6.61 Å². The highest BCUT2D eigenvalue weighted by Crippen LogP contribution is 2.29. The van der Waals surface area contributed by atoms with Crippen LogP contribution in [0.2, 0.25) is 0 Å². The zero-order valence-corrected chi connectivity index (χ0v) is 8.84. The summed E-state index contributed by atoms with van der Waals surface area (Å²) in [5.74, 6) is 1.23. The average molecular weight is 196 g/mol. The van der Waals surface area contributed by atoms with E-state index in [1.807, 2.05) is 0 Å². The molecule has 2 rings (SSSR count). The molecule has 0 aromatic heterocycles. The summed E-state index contributed by atoms with van der Waals surface area (Å²) < 4.78 is 5.63. The van der Waals surface area contributed by atoms with Crippen molar-refractivity contribution in [3.05, 3.63) is 0 Å². The summed E-state index contributed by atoms with van der Waals surface area (Å²) in [6.45, 7) is 0.663. The Bertz CT molecular complexity index is 194. The highest BCUT2D eigenvalue weighted by atomic mass is 16.5. The molecule has 1 aliphatic carbocycles. The Hall–Kier alpha value is -0.370. The van der Waals surface area contributed by atoms with Crippen molar-refractivity contribution in [1.29, 1.82) is 0 Å². The number of ketones is 1. The number of carbonyl (C=O) groups is 1. The SMILES string of the molecule is O=C1CCOC(CC2CCCCC2)C1. The fourth-order valence-electron chi connectivity index (χ4n) is 2.70. The van der Waals surface area contributed by atoms with Crippen LogP contribution in [0, 0.1) is 5.92 Å². The summed E-state index contributed by atoms with van der Waals surface area (Å²) in [5, 5.41) is 0. The third-order valence-corrected chi connectivity index (χ3v) is 3.51. The first-order chi connectivity index (χ1) is 6.84.